The Labute approximate surface area is 117 Å². The summed E-state index contributed by atoms with van der Waals surface area (Å²) in [5, 5.41) is 9.69. The molecule has 0 aliphatic carbocycles. The van der Waals surface area contributed by atoms with Crippen LogP contribution < -0.4 is 4.90 Å². The van der Waals surface area contributed by atoms with Gasteiger partial charge in [-0.05, 0) is 24.6 Å². The quantitative estimate of drug-likeness (QED) is 0.863. The highest BCUT2D eigenvalue weighted by Gasteiger charge is 2.19. The van der Waals surface area contributed by atoms with E-state index in [0.717, 1.165) is 4.88 Å². The van der Waals surface area contributed by atoms with Gasteiger partial charge in [0, 0.05) is 11.4 Å². The Balaban J connectivity index is 2.50. The highest BCUT2D eigenvalue weighted by Crippen LogP contribution is 2.31. The monoisotopic (exact) mass is 307 g/mol. The van der Waals surface area contributed by atoms with Crippen molar-refractivity contribution in [3.63, 3.8) is 0 Å². The molecule has 2 rings (SSSR count). The van der Waals surface area contributed by atoms with Gasteiger partial charge in [0.25, 0.3) is 6.43 Å². The number of aromatic nitrogens is 2. The van der Waals surface area contributed by atoms with E-state index >= 15 is 0 Å². The second-order valence-electron chi connectivity index (χ2n) is 3.95. The predicted octanol–water partition coefficient (Wildman–Crippen LogP) is 2.72. The van der Waals surface area contributed by atoms with Gasteiger partial charge < -0.3 is 10.0 Å². The summed E-state index contributed by atoms with van der Waals surface area (Å²) in [6.45, 7) is 1.23. The van der Waals surface area contributed by atoms with Gasteiger partial charge >= 0.3 is 0 Å². The molecule has 8 heteroatoms. The van der Waals surface area contributed by atoms with Gasteiger partial charge in [-0.25, -0.2) is 13.8 Å². The van der Waals surface area contributed by atoms with Crippen molar-refractivity contribution in [2.75, 3.05) is 24.6 Å². The molecule has 2 aromatic heterocycles. The van der Waals surface area contributed by atoms with Crippen LogP contribution in [0.3, 0.4) is 0 Å². The molecular formula is C11H12ClF2N3OS. The van der Waals surface area contributed by atoms with Gasteiger partial charge in [-0.15, -0.1) is 11.3 Å². The Bertz CT molecular complexity index is 578. The summed E-state index contributed by atoms with van der Waals surface area (Å²) < 4.78 is 25.2. The van der Waals surface area contributed by atoms with Crippen LogP contribution in [0.15, 0.2) is 6.07 Å². The van der Waals surface area contributed by atoms with Crippen molar-refractivity contribution >= 4 is 39.0 Å². The van der Waals surface area contributed by atoms with Crippen LogP contribution in [0.4, 0.5) is 14.6 Å². The van der Waals surface area contributed by atoms with Gasteiger partial charge in [-0.3, -0.25) is 0 Å². The van der Waals surface area contributed by atoms with Crippen LogP contribution in [-0.2, 0) is 0 Å². The van der Waals surface area contributed by atoms with Crippen molar-refractivity contribution in [2.24, 2.45) is 0 Å². The van der Waals surface area contributed by atoms with Crippen molar-refractivity contribution in [3.8, 4) is 0 Å². The van der Waals surface area contributed by atoms with Gasteiger partial charge in [0.1, 0.15) is 10.6 Å². The number of rotatable bonds is 5. The summed E-state index contributed by atoms with van der Waals surface area (Å²) >= 11 is 7.24. The van der Waals surface area contributed by atoms with E-state index in [0.29, 0.717) is 16.0 Å². The molecule has 19 heavy (non-hydrogen) atoms. The number of anilines is 1. The average molecular weight is 308 g/mol. The molecule has 104 valence electrons. The Morgan fingerprint density at radius 2 is 2.21 bits per heavy atom. The minimum absolute atomic E-state index is 0.0153. The number of thiophene rings is 1. The molecule has 0 atom stereocenters. The molecule has 0 aliphatic rings. The minimum Gasteiger partial charge on any atom is -0.395 e. The highest BCUT2D eigenvalue weighted by molar-refractivity contribution is 7.18. The van der Waals surface area contributed by atoms with Gasteiger partial charge in [-0.2, -0.15) is 4.98 Å². The molecule has 0 bridgehead atoms. The summed E-state index contributed by atoms with van der Waals surface area (Å²) in [5.41, 5.74) is 0. The number of nitrogens with zero attached hydrogens (tertiary/aromatic N) is 3. The second-order valence-corrected chi connectivity index (χ2v) is 5.53. The van der Waals surface area contributed by atoms with E-state index in [2.05, 4.69) is 9.97 Å². The van der Waals surface area contributed by atoms with E-state index < -0.39 is 13.0 Å². The van der Waals surface area contributed by atoms with Crippen LogP contribution in [0.2, 0.25) is 5.28 Å². The fourth-order valence-electron chi connectivity index (χ4n) is 1.81. The lowest BCUT2D eigenvalue weighted by atomic mass is 10.3. The van der Waals surface area contributed by atoms with Crippen molar-refractivity contribution in [1.82, 2.24) is 9.97 Å². The summed E-state index contributed by atoms with van der Waals surface area (Å²) in [5.74, 6) is 0.341. The first-order valence-corrected chi connectivity index (χ1v) is 6.78. The smallest absolute Gasteiger partial charge is 0.255 e. The van der Waals surface area contributed by atoms with E-state index in [-0.39, 0.29) is 18.4 Å². The maximum atomic E-state index is 12.6. The van der Waals surface area contributed by atoms with E-state index in [9.17, 15) is 8.78 Å². The van der Waals surface area contributed by atoms with Crippen LogP contribution in [0.5, 0.6) is 0 Å². The van der Waals surface area contributed by atoms with Gasteiger partial charge in [-0.1, -0.05) is 0 Å². The van der Waals surface area contributed by atoms with Crippen LogP contribution in [0.1, 0.15) is 4.88 Å². The third-order valence-corrected chi connectivity index (χ3v) is 3.61. The topological polar surface area (TPSA) is 49.2 Å². The van der Waals surface area contributed by atoms with E-state index in [1.807, 2.05) is 13.0 Å². The number of aryl methyl sites for hydroxylation is 1. The maximum absolute atomic E-state index is 12.6. The zero-order valence-electron chi connectivity index (χ0n) is 10.1. The molecule has 0 saturated heterocycles. The number of hydrogen-bond acceptors (Lipinski definition) is 5. The van der Waals surface area contributed by atoms with Gasteiger partial charge in [0.15, 0.2) is 0 Å². The standard InChI is InChI=1S/C11H12ClF2N3OS/c1-6-4-7-9(15-11(12)16-10(7)19-6)17(2-3-18)5-8(13)14/h4,8,18H,2-3,5H2,1H3. The Hall–Kier alpha value is -1.05. The van der Waals surface area contributed by atoms with E-state index in [4.69, 9.17) is 16.7 Å². The number of fused-ring (bicyclic) bond motifs is 1. The fourth-order valence-corrected chi connectivity index (χ4v) is 2.90. The van der Waals surface area contributed by atoms with Crippen molar-refractivity contribution < 1.29 is 13.9 Å². The Morgan fingerprint density at radius 1 is 1.47 bits per heavy atom. The molecule has 0 spiro atoms. The number of hydrogen-bond donors (Lipinski definition) is 1. The molecule has 0 aliphatic heterocycles. The second kappa shape index (κ2) is 5.94. The summed E-state index contributed by atoms with van der Waals surface area (Å²) in [6.07, 6.45) is -2.52. The SMILES string of the molecule is Cc1cc2c(N(CCO)CC(F)F)nc(Cl)nc2s1. The molecule has 2 aromatic rings. The molecular weight excluding hydrogens is 296 g/mol. The van der Waals surface area contributed by atoms with Gasteiger partial charge in [0.2, 0.25) is 5.28 Å². The first kappa shape index (κ1) is 14.4. The first-order chi connectivity index (χ1) is 9.01. The zero-order chi connectivity index (χ0) is 14.0. The van der Waals surface area contributed by atoms with Crippen molar-refractivity contribution in [2.45, 2.75) is 13.3 Å². The van der Waals surface area contributed by atoms with Crippen LogP contribution >= 0.6 is 22.9 Å². The number of alkyl halides is 2. The molecule has 0 saturated carbocycles. The lowest BCUT2D eigenvalue weighted by molar-refractivity contribution is 0.152. The summed E-state index contributed by atoms with van der Waals surface area (Å²) in [6, 6.07) is 1.83. The molecule has 0 fully saturated rings. The largest absolute Gasteiger partial charge is 0.395 e. The molecule has 1 N–H and O–H groups in total. The fraction of sp³-hybridized carbons (Fsp3) is 0.455. The Kier molecular flexibility index (Phi) is 4.49. The molecule has 0 radical (unpaired) electrons. The summed E-state index contributed by atoms with van der Waals surface area (Å²) in [7, 11) is 0. The zero-order valence-corrected chi connectivity index (χ0v) is 11.7. The summed E-state index contributed by atoms with van der Waals surface area (Å²) in [4.78, 5) is 11.1. The van der Waals surface area contributed by atoms with Crippen LogP contribution in [0, 0.1) is 6.92 Å². The third-order valence-electron chi connectivity index (χ3n) is 2.50. The number of halogens is 3. The lowest BCUT2D eigenvalue weighted by Crippen LogP contribution is -2.32. The number of aliphatic hydroxyl groups excluding tert-OH is 1. The maximum Gasteiger partial charge on any atom is 0.255 e. The third kappa shape index (κ3) is 3.29. The normalized spacial score (nSPS) is 11.5. The Morgan fingerprint density at radius 3 is 2.84 bits per heavy atom. The predicted molar refractivity (Wildman–Crippen MR) is 72.5 cm³/mol. The molecule has 0 unspecified atom stereocenters. The minimum atomic E-state index is -2.52. The molecule has 4 nitrogen and oxygen atoms in total. The van der Waals surface area contributed by atoms with Gasteiger partial charge in [0.05, 0.1) is 18.5 Å². The molecule has 0 amide bonds. The lowest BCUT2D eigenvalue weighted by Gasteiger charge is -2.22. The van der Waals surface area contributed by atoms with Crippen LogP contribution in [-0.4, -0.2) is 41.2 Å². The molecule has 0 aromatic carbocycles. The van der Waals surface area contributed by atoms with Crippen molar-refractivity contribution in [3.05, 3.63) is 16.2 Å². The van der Waals surface area contributed by atoms with Crippen molar-refractivity contribution in [1.29, 1.82) is 0 Å². The first-order valence-electron chi connectivity index (χ1n) is 5.59. The van der Waals surface area contributed by atoms with E-state index in [1.165, 1.54) is 16.2 Å². The number of aliphatic hydroxyl groups is 1. The average Bonchev–Trinajstić information content (AvgIpc) is 2.67. The molecule has 2 heterocycles. The van der Waals surface area contributed by atoms with Crippen LogP contribution in [0.25, 0.3) is 10.2 Å². The highest BCUT2D eigenvalue weighted by atomic mass is 35.5. The van der Waals surface area contributed by atoms with E-state index in [1.54, 1.807) is 0 Å².